The molecule has 2 aliphatic heterocycles. The van der Waals surface area contributed by atoms with Gasteiger partial charge in [-0.25, -0.2) is 14.8 Å². The molecule has 35 heavy (non-hydrogen) atoms. The van der Waals surface area contributed by atoms with Crippen molar-refractivity contribution in [3.05, 3.63) is 71.8 Å². The first kappa shape index (κ1) is 23.1. The largest absolute Gasteiger partial charge is 0.474 e. The smallest absolute Gasteiger partial charge is 0.410 e. The maximum Gasteiger partial charge on any atom is 0.410 e. The molecule has 0 saturated carbocycles. The van der Waals surface area contributed by atoms with E-state index in [9.17, 15) is 4.79 Å². The minimum atomic E-state index is -0.289. The minimum Gasteiger partial charge on any atom is -0.474 e. The highest BCUT2D eigenvalue weighted by atomic mass is 16.6. The zero-order valence-corrected chi connectivity index (χ0v) is 20.3. The second-order valence-corrected chi connectivity index (χ2v) is 9.24. The summed E-state index contributed by atoms with van der Waals surface area (Å²) < 4.78 is 18.1. The van der Waals surface area contributed by atoms with Crippen molar-refractivity contribution in [2.75, 3.05) is 0 Å². The van der Waals surface area contributed by atoms with Gasteiger partial charge in [0.1, 0.15) is 18.5 Å². The summed E-state index contributed by atoms with van der Waals surface area (Å²) in [5.74, 6) is 1.61. The quantitative estimate of drug-likeness (QED) is 0.463. The number of ether oxygens (including phenoxy) is 3. The third kappa shape index (κ3) is 4.92. The van der Waals surface area contributed by atoms with Gasteiger partial charge in [0, 0.05) is 31.1 Å². The molecular weight excluding hydrogens is 444 g/mol. The molecule has 1 aromatic carbocycles. The number of carbonyl (C=O) groups is 1. The van der Waals surface area contributed by atoms with Crippen LogP contribution < -0.4 is 9.47 Å². The molecule has 0 unspecified atom stereocenters. The van der Waals surface area contributed by atoms with Crippen LogP contribution in [0.25, 0.3) is 0 Å². The Bertz CT molecular complexity index is 1170. The van der Waals surface area contributed by atoms with Crippen LogP contribution in [0.4, 0.5) is 4.79 Å². The number of fused-ring (bicyclic) bond motifs is 2. The zero-order valence-electron chi connectivity index (χ0n) is 20.3. The molecule has 5 rings (SSSR count). The normalized spacial score (nSPS) is 21.9. The predicted octanol–water partition coefficient (Wildman–Crippen LogP) is 5.55. The molecule has 3 aromatic rings. The molecule has 2 bridgehead atoms. The molecule has 2 aliphatic rings. The van der Waals surface area contributed by atoms with E-state index < -0.39 is 0 Å². The van der Waals surface area contributed by atoms with Gasteiger partial charge in [0.05, 0.1) is 11.3 Å². The van der Waals surface area contributed by atoms with Gasteiger partial charge in [0.2, 0.25) is 11.8 Å². The number of piperidine rings is 1. The number of amides is 1. The zero-order chi connectivity index (χ0) is 24.4. The van der Waals surface area contributed by atoms with Gasteiger partial charge >= 0.3 is 6.09 Å². The molecule has 0 aliphatic carbocycles. The number of pyridine rings is 1. The van der Waals surface area contributed by atoms with Crippen molar-refractivity contribution < 1.29 is 19.0 Å². The first-order chi connectivity index (χ1) is 17.0. The van der Waals surface area contributed by atoms with Crippen LogP contribution in [0.1, 0.15) is 55.5 Å². The van der Waals surface area contributed by atoms with E-state index in [4.69, 9.17) is 14.2 Å². The molecular formula is C27H30N4O4. The van der Waals surface area contributed by atoms with Crippen LogP contribution in [0.15, 0.2) is 55.0 Å². The Kier molecular flexibility index (Phi) is 6.53. The molecule has 2 saturated heterocycles. The monoisotopic (exact) mass is 474 g/mol. The number of aryl methyl sites for hydroxylation is 1. The molecule has 0 spiro atoms. The van der Waals surface area contributed by atoms with Gasteiger partial charge in [-0.3, -0.25) is 4.98 Å². The Hall–Kier alpha value is -3.68. The summed E-state index contributed by atoms with van der Waals surface area (Å²) in [7, 11) is 0. The molecule has 8 nitrogen and oxygen atoms in total. The Labute approximate surface area is 205 Å². The number of nitrogens with zero attached hydrogens (tertiary/aromatic N) is 4. The maximum absolute atomic E-state index is 13.0. The first-order valence-corrected chi connectivity index (χ1v) is 12.1. The van der Waals surface area contributed by atoms with E-state index in [1.165, 1.54) is 6.33 Å². The summed E-state index contributed by atoms with van der Waals surface area (Å²) in [5.41, 5.74) is 2.51. The highest BCUT2D eigenvalue weighted by Gasteiger charge is 2.45. The summed E-state index contributed by atoms with van der Waals surface area (Å²) in [5, 5.41) is 0. The van der Waals surface area contributed by atoms with Gasteiger partial charge in [-0.2, -0.15) is 0 Å². The Morgan fingerprint density at radius 2 is 1.69 bits per heavy atom. The average Bonchev–Trinajstić information content (AvgIpc) is 3.14. The van der Waals surface area contributed by atoms with Gasteiger partial charge in [-0.15, -0.1) is 0 Å². The van der Waals surface area contributed by atoms with Crippen LogP contribution in [0.2, 0.25) is 0 Å². The van der Waals surface area contributed by atoms with Crippen LogP contribution in [-0.2, 0) is 4.74 Å². The van der Waals surface area contributed by atoms with E-state index >= 15 is 0 Å². The fourth-order valence-electron chi connectivity index (χ4n) is 5.01. The number of carbonyl (C=O) groups excluding carboxylic acids is 1. The molecule has 3 atom stereocenters. The summed E-state index contributed by atoms with van der Waals surface area (Å²) in [4.78, 5) is 27.9. The van der Waals surface area contributed by atoms with E-state index in [0.717, 1.165) is 42.5 Å². The summed E-state index contributed by atoms with van der Waals surface area (Å²) in [6, 6.07) is 13.7. The SMILES string of the molecule is Cc1ncccc1Oc1ncnc(OC2C[C@@H]3CC[C@@H](C2)N3C(=O)O[C@H](C)c2ccccc2)c1C. The lowest BCUT2D eigenvalue weighted by Crippen LogP contribution is -2.49. The molecule has 1 amide bonds. The topological polar surface area (TPSA) is 86.7 Å². The van der Waals surface area contributed by atoms with Gasteiger partial charge in [-0.1, -0.05) is 30.3 Å². The van der Waals surface area contributed by atoms with Crippen molar-refractivity contribution in [2.45, 2.75) is 70.7 Å². The predicted molar refractivity (Wildman–Crippen MR) is 129 cm³/mol. The van der Waals surface area contributed by atoms with Crippen LogP contribution in [0, 0.1) is 13.8 Å². The number of hydrogen-bond donors (Lipinski definition) is 0. The fourth-order valence-corrected chi connectivity index (χ4v) is 5.01. The van der Waals surface area contributed by atoms with E-state index in [2.05, 4.69) is 15.0 Å². The number of benzene rings is 1. The lowest BCUT2D eigenvalue weighted by atomic mass is 10.00. The van der Waals surface area contributed by atoms with Crippen LogP contribution >= 0.6 is 0 Å². The lowest BCUT2D eigenvalue weighted by Gasteiger charge is -2.38. The van der Waals surface area contributed by atoms with Crippen molar-refractivity contribution in [1.29, 1.82) is 0 Å². The number of aromatic nitrogens is 3. The summed E-state index contributed by atoms with van der Waals surface area (Å²) >= 11 is 0. The number of rotatable bonds is 6. The molecule has 0 N–H and O–H groups in total. The summed E-state index contributed by atoms with van der Waals surface area (Å²) in [6.45, 7) is 5.69. The third-order valence-corrected chi connectivity index (χ3v) is 6.88. The second kappa shape index (κ2) is 9.90. The second-order valence-electron chi connectivity index (χ2n) is 9.24. The van der Waals surface area contributed by atoms with Crippen molar-refractivity contribution in [3.63, 3.8) is 0 Å². The first-order valence-electron chi connectivity index (χ1n) is 12.1. The van der Waals surface area contributed by atoms with Gasteiger partial charge in [-0.05, 0) is 51.3 Å². The van der Waals surface area contributed by atoms with Gasteiger partial charge < -0.3 is 19.1 Å². The maximum atomic E-state index is 13.0. The van der Waals surface area contributed by atoms with Crippen molar-refractivity contribution in [2.24, 2.45) is 0 Å². The molecule has 8 heteroatoms. The Morgan fingerprint density at radius 1 is 0.971 bits per heavy atom. The van der Waals surface area contributed by atoms with E-state index in [1.54, 1.807) is 6.20 Å². The molecule has 182 valence electrons. The van der Waals surface area contributed by atoms with E-state index in [1.807, 2.05) is 68.1 Å². The minimum absolute atomic E-state index is 0.0373. The lowest BCUT2D eigenvalue weighted by molar-refractivity contribution is 0.0170. The van der Waals surface area contributed by atoms with Crippen molar-refractivity contribution >= 4 is 6.09 Å². The van der Waals surface area contributed by atoms with Crippen LogP contribution in [0.3, 0.4) is 0 Å². The summed E-state index contributed by atoms with van der Waals surface area (Å²) in [6.07, 6.45) is 6.00. The van der Waals surface area contributed by atoms with Crippen LogP contribution in [0.5, 0.6) is 17.5 Å². The van der Waals surface area contributed by atoms with Crippen molar-refractivity contribution in [3.8, 4) is 17.5 Å². The van der Waals surface area contributed by atoms with E-state index in [-0.39, 0.29) is 30.4 Å². The highest BCUT2D eigenvalue weighted by molar-refractivity contribution is 5.69. The fraction of sp³-hybridized carbons (Fsp3) is 0.407. The van der Waals surface area contributed by atoms with Crippen molar-refractivity contribution in [1.82, 2.24) is 19.9 Å². The van der Waals surface area contributed by atoms with Gasteiger partial charge in [0.25, 0.3) is 0 Å². The molecule has 0 radical (unpaired) electrons. The number of hydrogen-bond acceptors (Lipinski definition) is 7. The third-order valence-electron chi connectivity index (χ3n) is 6.88. The Morgan fingerprint density at radius 3 is 2.40 bits per heavy atom. The van der Waals surface area contributed by atoms with E-state index in [0.29, 0.717) is 17.5 Å². The standard InChI is InChI=1S/C27H30N4O4/c1-17-25(29-16-30-26(17)35-24-10-7-13-28-18(24)2)34-23-14-21-11-12-22(15-23)31(21)27(32)33-19(3)20-8-5-4-6-9-20/h4-10,13,16,19,21-23H,11-12,14-15H2,1-3H3/t19-,21+,22+/m1/s1. The molecule has 2 fully saturated rings. The highest BCUT2D eigenvalue weighted by Crippen LogP contribution is 2.39. The average molecular weight is 475 g/mol. The van der Waals surface area contributed by atoms with Crippen LogP contribution in [-0.4, -0.2) is 44.1 Å². The molecule has 2 aromatic heterocycles. The molecule has 4 heterocycles. The van der Waals surface area contributed by atoms with Gasteiger partial charge in [0.15, 0.2) is 5.75 Å². The Balaban J connectivity index is 1.23.